The second kappa shape index (κ2) is 8.53. The Hall–Kier alpha value is -2.08. The third-order valence-electron chi connectivity index (χ3n) is 4.20. The fourth-order valence-electron chi connectivity index (χ4n) is 3.05. The zero-order valence-corrected chi connectivity index (χ0v) is 13.4. The van der Waals surface area contributed by atoms with Crippen LogP contribution >= 0.6 is 0 Å². The average Bonchev–Trinajstić information content (AvgIpc) is 2.54. The Morgan fingerprint density at radius 2 is 1.96 bits per heavy atom. The number of alkyl carbamates (subject to hydrolysis) is 1. The molecule has 2 unspecified atom stereocenters. The van der Waals surface area contributed by atoms with Crippen LogP contribution in [0.5, 0.6) is 0 Å². The van der Waals surface area contributed by atoms with Gasteiger partial charge in [0.1, 0.15) is 6.61 Å². The molecular weight excluding hydrogens is 296 g/mol. The van der Waals surface area contributed by atoms with Gasteiger partial charge in [-0.2, -0.15) is 0 Å². The van der Waals surface area contributed by atoms with Gasteiger partial charge >= 0.3 is 12.1 Å². The Bertz CT molecular complexity index is 521. The van der Waals surface area contributed by atoms with Gasteiger partial charge in [0, 0.05) is 12.1 Å². The van der Waals surface area contributed by atoms with Crippen molar-refractivity contribution in [3.63, 3.8) is 0 Å². The highest BCUT2D eigenvalue weighted by Crippen LogP contribution is 2.22. The van der Waals surface area contributed by atoms with Crippen molar-refractivity contribution in [1.29, 1.82) is 0 Å². The number of hydrogen-bond donors (Lipinski definition) is 2. The molecule has 0 aliphatic heterocycles. The summed E-state index contributed by atoms with van der Waals surface area (Å²) in [6.07, 6.45) is 3.35. The van der Waals surface area contributed by atoms with Crippen LogP contribution < -0.4 is 5.32 Å². The molecule has 1 amide bonds. The molecule has 1 aromatic carbocycles. The number of likely N-dealkylation sites (N-methyl/N-ethyl adjacent to an activating group) is 1. The number of carbonyl (C=O) groups is 2. The van der Waals surface area contributed by atoms with Crippen molar-refractivity contribution in [2.24, 2.45) is 0 Å². The van der Waals surface area contributed by atoms with Crippen LogP contribution in [0, 0.1) is 0 Å². The zero-order valence-electron chi connectivity index (χ0n) is 13.4. The van der Waals surface area contributed by atoms with E-state index in [1.807, 2.05) is 30.3 Å². The molecule has 126 valence electrons. The lowest BCUT2D eigenvalue weighted by atomic mass is 9.89. The third kappa shape index (κ3) is 5.56. The molecule has 2 atom stereocenters. The molecule has 0 spiro atoms. The van der Waals surface area contributed by atoms with Gasteiger partial charge in [-0.1, -0.05) is 43.2 Å². The first-order chi connectivity index (χ1) is 11.1. The molecule has 1 fully saturated rings. The normalized spacial score (nSPS) is 21.0. The fraction of sp³-hybridized carbons (Fsp3) is 0.529. The summed E-state index contributed by atoms with van der Waals surface area (Å²) in [5.41, 5.74) is 0.936. The fourth-order valence-corrected chi connectivity index (χ4v) is 3.05. The van der Waals surface area contributed by atoms with Gasteiger partial charge in [-0.05, 0) is 25.5 Å². The number of hydrogen-bond acceptors (Lipinski definition) is 4. The number of carboxylic acids is 1. The van der Waals surface area contributed by atoms with Crippen LogP contribution in [0.3, 0.4) is 0 Å². The summed E-state index contributed by atoms with van der Waals surface area (Å²) < 4.78 is 5.26. The van der Waals surface area contributed by atoms with Crippen LogP contribution in [0.1, 0.15) is 31.2 Å². The van der Waals surface area contributed by atoms with Crippen molar-refractivity contribution in [2.45, 2.75) is 44.4 Å². The highest BCUT2D eigenvalue weighted by Gasteiger charge is 2.30. The van der Waals surface area contributed by atoms with E-state index in [2.05, 4.69) is 5.32 Å². The first kappa shape index (κ1) is 17.3. The summed E-state index contributed by atoms with van der Waals surface area (Å²) in [5, 5.41) is 11.8. The van der Waals surface area contributed by atoms with E-state index in [1.54, 1.807) is 11.9 Å². The van der Waals surface area contributed by atoms with E-state index in [1.165, 1.54) is 0 Å². The summed E-state index contributed by atoms with van der Waals surface area (Å²) in [7, 11) is 1.79. The topological polar surface area (TPSA) is 78.9 Å². The van der Waals surface area contributed by atoms with Gasteiger partial charge in [-0.3, -0.25) is 9.69 Å². The highest BCUT2D eigenvalue weighted by molar-refractivity contribution is 5.69. The van der Waals surface area contributed by atoms with Gasteiger partial charge in [0.15, 0.2) is 0 Å². The number of amides is 1. The molecule has 1 aliphatic carbocycles. The summed E-state index contributed by atoms with van der Waals surface area (Å²) in [6.45, 7) is 0.205. The van der Waals surface area contributed by atoms with Gasteiger partial charge in [0.2, 0.25) is 0 Å². The third-order valence-corrected chi connectivity index (χ3v) is 4.20. The first-order valence-corrected chi connectivity index (χ1v) is 7.95. The van der Waals surface area contributed by atoms with E-state index in [0.717, 1.165) is 31.2 Å². The lowest BCUT2D eigenvalue weighted by Gasteiger charge is -2.37. The number of carbonyl (C=O) groups excluding carboxylic acids is 1. The molecule has 0 aromatic heterocycles. The van der Waals surface area contributed by atoms with Crippen LogP contribution in [-0.2, 0) is 16.1 Å². The molecule has 0 bridgehead atoms. The van der Waals surface area contributed by atoms with E-state index in [9.17, 15) is 9.59 Å². The Balaban J connectivity index is 1.85. The minimum Gasteiger partial charge on any atom is -0.480 e. The zero-order chi connectivity index (χ0) is 16.7. The molecule has 1 aliphatic rings. The van der Waals surface area contributed by atoms with Crippen LogP contribution in [0.2, 0.25) is 0 Å². The number of carboxylic acid groups (broad SMARTS) is 1. The summed E-state index contributed by atoms with van der Waals surface area (Å²) in [4.78, 5) is 24.7. The number of benzene rings is 1. The predicted octanol–water partition coefficient (Wildman–Crippen LogP) is 2.24. The maximum atomic E-state index is 12.0. The van der Waals surface area contributed by atoms with Crippen LogP contribution in [0.4, 0.5) is 4.79 Å². The van der Waals surface area contributed by atoms with Crippen LogP contribution in [0.25, 0.3) is 0 Å². The average molecular weight is 320 g/mol. The number of rotatable bonds is 6. The van der Waals surface area contributed by atoms with E-state index < -0.39 is 12.1 Å². The Morgan fingerprint density at radius 3 is 2.65 bits per heavy atom. The van der Waals surface area contributed by atoms with Crippen molar-refractivity contribution >= 4 is 12.1 Å². The van der Waals surface area contributed by atoms with E-state index in [-0.39, 0.29) is 25.2 Å². The molecule has 6 heteroatoms. The van der Waals surface area contributed by atoms with Gasteiger partial charge < -0.3 is 15.2 Å². The van der Waals surface area contributed by atoms with Crippen molar-refractivity contribution in [3.05, 3.63) is 35.9 Å². The van der Waals surface area contributed by atoms with Gasteiger partial charge in [-0.25, -0.2) is 4.79 Å². The molecule has 1 saturated carbocycles. The SMILES string of the molecule is CN(CC(=O)O)C1CCCCC1NC(=O)OCc1ccccc1. The van der Waals surface area contributed by atoms with Crippen molar-refractivity contribution < 1.29 is 19.4 Å². The molecule has 0 heterocycles. The summed E-state index contributed by atoms with van der Waals surface area (Å²) in [6, 6.07) is 9.47. The molecule has 1 aromatic rings. The highest BCUT2D eigenvalue weighted by atomic mass is 16.5. The maximum absolute atomic E-state index is 12.0. The largest absolute Gasteiger partial charge is 0.480 e. The number of ether oxygens (including phenoxy) is 1. The van der Waals surface area contributed by atoms with E-state index in [0.29, 0.717) is 0 Å². The molecule has 2 rings (SSSR count). The molecular formula is C17H24N2O4. The molecule has 2 N–H and O–H groups in total. The second-order valence-corrected chi connectivity index (χ2v) is 5.97. The van der Waals surface area contributed by atoms with Crippen molar-refractivity contribution in [2.75, 3.05) is 13.6 Å². The first-order valence-electron chi connectivity index (χ1n) is 7.95. The quantitative estimate of drug-likeness (QED) is 0.840. The van der Waals surface area contributed by atoms with Gasteiger partial charge in [-0.15, -0.1) is 0 Å². The second-order valence-electron chi connectivity index (χ2n) is 5.97. The lowest BCUT2D eigenvalue weighted by Crippen LogP contribution is -2.53. The Kier molecular flexibility index (Phi) is 6.40. The summed E-state index contributed by atoms with van der Waals surface area (Å²) >= 11 is 0. The minimum atomic E-state index is -0.858. The van der Waals surface area contributed by atoms with E-state index >= 15 is 0 Å². The standard InChI is InChI=1S/C17H24N2O4/c1-19(11-16(20)21)15-10-6-5-9-14(15)18-17(22)23-12-13-7-3-2-4-8-13/h2-4,7-8,14-15H,5-6,9-12H2,1H3,(H,18,22)(H,20,21). The molecule has 0 radical (unpaired) electrons. The van der Waals surface area contributed by atoms with Crippen LogP contribution in [-0.4, -0.2) is 47.7 Å². The number of aliphatic carboxylic acids is 1. The molecule has 6 nitrogen and oxygen atoms in total. The number of nitrogens with one attached hydrogen (secondary N) is 1. The van der Waals surface area contributed by atoms with Crippen LogP contribution in [0.15, 0.2) is 30.3 Å². The van der Waals surface area contributed by atoms with Crippen molar-refractivity contribution in [3.8, 4) is 0 Å². The van der Waals surface area contributed by atoms with Crippen molar-refractivity contribution in [1.82, 2.24) is 10.2 Å². The smallest absolute Gasteiger partial charge is 0.407 e. The monoisotopic (exact) mass is 320 g/mol. The minimum absolute atomic E-state index is 0.0259. The molecule has 0 saturated heterocycles. The maximum Gasteiger partial charge on any atom is 0.407 e. The van der Waals surface area contributed by atoms with E-state index in [4.69, 9.17) is 9.84 Å². The summed E-state index contributed by atoms with van der Waals surface area (Å²) in [5.74, 6) is -0.858. The van der Waals surface area contributed by atoms with Gasteiger partial charge in [0.25, 0.3) is 0 Å². The Morgan fingerprint density at radius 1 is 1.26 bits per heavy atom. The predicted molar refractivity (Wildman–Crippen MR) is 86.1 cm³/mol. The lowest BCUT2D eigenvalue weighted by molar-refractivity contribution is -0.138. The Labute approximate surface area is 136 Å². The number of nitrogens with zero attached hydrogens (tertiary/aromatic N) is 1. The van der Waals surface area contributed by atoms with Gasteiger partial charge in [0.05, 0.1) is 6.54 Å². The molecule has 23 heavy (non-hydrogen) atoms.